The number of hydrogen-bond acceptors (Lipinski definition) is 3. The lowest BCUT2D eigenvalue weighted by Crippen LogP contribution is -2.23. The molecule has 114 valence electrons. The summed E-state index contributed by atoms with van der Waals surface area (Å²) in [5.41, 5.74) is 3.49. The van der Waals surface area contributed by atoms with Crippen LogP contribution in [0.15, 0.2) is 73.3 Å². The van der Waals surface area contributed by atoms with Gasteiger partial charge in [-0.1, -0.05) is 49.1 Å². The van der Waals surface area contributed by atoms with E-state index in [1.54, 1.807) is 6.08 Å². The zero-order chi connectivity index (χ0) is 15.6. The summed E-state index contributed by atoms with van der Waals surface area (Å²) in [6, 6.07) is 20.8. The molecule has 23 heavy (non-hydrogen) atoms. The molecule has 3 aromatic rings. The minimum atomic E-state index is 0.0453. The molecule has 0 unspecified atom stereocenters. The largest absolute Gasteiger partial charge is 0.490 e. The van der Waals surface area contributed by atoms with Crippen LogP contribution in [0.4, 0.5) is 11.4 Å². The summed E-state index contributed by atoms with van der Waals surface area (Å²) in [6.07, 6.45) is 1.79. The van der Waals surface area contributed by atoms with Crippen molar-refractivity contribution in [3.8, 4) is 5.75 Å². The fraction of sp³-hybridized carbons (Fsp3) is 0.100. The van der Waals surface area contributed by atoms with Crippen molar-refractivity contribution in [1.29, 1.82) is 0 Å². The van der Waals surface area contributed by atoms with E-state index in [1.807, 2.05) is 12.1 Å². The highest BCUT2D eigenvalue weighted by Gasteiger charge is 2.19. The molecule has 3 heteroatoms. The number of ether oxygens (including phenoxy) is 1. The van der Waals surface area contributed by atoms with Gasteiger partial charge in [0.05, 0.1) is 0 Å². The van der Waals surface area contributed by atoms with Crippen LogP contribution >= 0.6 is 0 Å². The molecule has 0 radical (unpaired) electrons. The Bertz CT molecular complexity index is 814. The summed E-state index contributed by atoms with van der Waals surface area (Å²) in [7, 11) is 0. The maximum atomic E-state index is 5.54. The van der Waals surface area contributed by atoms with Gasteiger partial charge in [0, 0.05) is 16.8 Å². The normalized spacial score (nSPS) is 13.2. The lowest BCUT2D eigenvalue weighted by molar-refractivity contribution is 0.363. The molecule has 3 aromatic carbocycles. The molecule has 1 aliphatic rings. The summed E-state index contributed by atoms with van der Waals surface area (Å²) in [4.78, 5) is 0. The maximum Gasteiger partial charge on any atom is 0.123 e. The molecule has 0 fully saturated rings. The van der Waals surface area contributed by atoms with E-state index in [2.05, 4.69) is 65.7 Å². The van der Waals surface area contributed by atoms with Crippen molar-refractivity contribution in [2.24, 2.45) is 0 Å². The minimum Gasteiger partial charge on any atom is -0.490 e. The zero-order valence-corrected chi connectivity index (χ0v) is 12.8. The molecule has 0 saturated heterocycles. The molecule has 0 bridgehead atoms. The van der Waals surface area contributed by atoms with Gasteiger partial charge in [-0.2, -0.15) is 0 Å². The Balaban J connectivity index is 1.64. The SMILES string of the molecule is C=CCOc1ccc(C2Nc3cccc4cccc(c34)N2)cc1. The molecule has 0 aromatic heterocycles. The summed E-state index contributed by atoms with van der Waals surface area (Å²) >= 11 is 0. The van der Waals surface area contributed by atoms with Gasteiger partial charge < -0.3 is 15.4 Å². The zero-order valence-electron chi connectivity index (χ0n) is 12.8. The number of benzene rings is 3. The first-order chi connectivity index (χ1) is 11.3. The lowest BCUT2D eigenvalue weighted by Gasteiger charge is -2.29. The Labute approximate surface area is 135 Å². The molecule has 0 aliphatic carbocycles. The molecule has 1 heterocycles. The highest BCUT2D eigenvalue weighted by atomic mass is 16.5. The highest BCUT2D eigenvalue weighted by Crippen LogP contribution is 2.38. The van der Waals surface area contributed by atoms with Crippen LogP contribution in [0, 0.1) is 0 Å². The Hall–Kier alpha value is -2.94. The van der Waals surface area contributed by atoms with Gasteiger partial charge in [-0.25, -0.2) is 0 Å². The van der Waals surface area contributed by atoms with E-state index < -0.39 is 0 Å². The molecule has 3 nitrogen and oxygen atoms in total. The molecule has 4 rings (SSSR count). The highest BCUT2D eigenvalue weighted by molar-refractivity contribution is 6.04. The van der Waals surface area contributed by atoms with Gasteiger partial charge in [0.15, 0.2) is 0 Å². The molecule has 0 spiro atoms. The van der Waals surface area contributed by atoms with Gasteiger partial charge in [0.25, 0.3) is 0 Å². The predicted molar refractivity (Wildman–Crippen MR) is 96.1 cm³/mol. The quantitative estimate of drug-likeness (QED) is 0.670. The summed E-state index contributed by atoms with van der Waals surface area (Å²) in [6.45, 7) is 4.18. The van der Waals surface area contributed by atoms with Gasteiger partial charge in [-0.3, -0.25) is 0 Å². The van der Waals surface area contributed by atoms with Crippen molar-refractivity contribution in [2.75, 3.05) is 17.2 Å². The first-order valence-corrected chi connectivity index (χ1v) is 7.73. The third-order valence-corrected chi connectivity index (χ3v) is 4.09. The molecular weight excluding hydrogens is 284 g/mol. The second-order valence-electron chi connectivity index (χ2n) is 5.60. The first kappa shape index (κ1) is 13.7. The number of rotatable bonds is 4. The first-order valence-electron chi connectivity index (χ1n) is 7.73. The topological polar surface area (TPSA) is 33.3 Å². The molecule has 0 atom stereocenters. The van der Waals surface area contributed by atoms with E-state index in [0.717, 1.165) is 17.1 Å². The number of hydrogen-bond donors (Lipinski definition) is 2. The van der Waals surface area contributed by atoms with Gasteiger partial charge in [-0.05, 0) is 35.2 Å². The van der Waals surface area contributed by atoms with Crippen LogP contribution in [0.1, 0.15) is 11.7 Å². The number of nitrogens with one attached hydrogen (secondary N) is 2. The van der Waals surface area contributed by atoms with E-state index in [0.29, 0.717) is 6.61 Å². The molecule has 1 aliphatic heterocycles. The van der Waals surface area contributed by atoms with Crippen molar-refractivity contribution in [1.82, 2.24) is 0 Å². The van der Waals surface area contributed by atoms with Crippen LogP contribution in [0.2, 0.25) is 0 Å². The second kappa shape index (κ2) is 5.69. The Morgan fingerprint density at radius 2 is 1.57 bits per heavy atom. The van der Waals surface area contributed by atoms with Crippen LogP contribution in [-0.2, 0) is 0 Å². The van der Waals surface area contributed by atoms with Crippen LogP contribution in [0.25, 0.3) is 10.8 Å². The van der Waals surface area contributed by atoms with Gasteiger partial charge in [-0.15, -0.1) is 0 Å². The maximum absolute atomic E-state index is 5.54. The molecular formula is C20H18N2O. The Morgan fingerprint density at radius 1 is 0.913 bits per heavy atom. The van der Waals surface area contributed by atoms with Crippen molar-refractivity contribution < 1.29 is 4.74 Å². The van der Waals surface area contributed by atoms with E-state index in [1.165, 1.54) is 16.3 Å². The van der Waals surface area contributed by atoms with Crippen molar-refractivity contribution >= 4 is 22.1 Å². The van der Waals surface area contributed by atoms with Crippen LogP contribution in [-0.4, -0.2) is 6.61 Å². The summed E-state index contributed by atoms with van der Waals surface area (Å²) in [5.74, 6) is 0.854. The van der Waals surface area contributed by atoms with Crippen molar-refractivity contribution in [3.05, 3.63) is 78.9 Å². The Morgan fingerprint density at radius 3 is 2.17 bits per heavy atom. The molecule has 0 amide bonds. The summed E-state index contributed by atoms with van der Waals surface area (Å²) in [5, 5.41) is 9.63. The minimum absolute atomic E-state index is 0.0453. The van der Waals surface area contributed by atoms with Crippen LogP contribution < -0.4 is 15.4 Å². The van der Waals surface area contributed by atoms with Gasteiger partial charge >= 0.3 is 0 Å². The van der Waals surface area contributed by atoms with E-state index in [9.17, 15) is 0 Å². The van der Waals surface area contributed by atoms with E-state index >= 15 is 0 Å². The van der Waals surface area contributed by atoms with Crippen molar-refractivity contribution in [3.63, 3.8) is 0 Å². The third kappa shape index (κ3) is 2.50. The molecule has 2 N–H and O–H groups in total. The summed E-state index contributed by atoms with van der Waals surface area (Å²) < 4.78 is 5.54. The van der Waals surface area contributed by atoms with Crippen molar-refractivity contribution in [2.45, 2.75) is 6.17 Å². The number of anilines is 2. The predicted octanol–water partition coefficient (Wildman–Crippen LogP) is 4.94. The van der Waals surface area contributed by atoms with Gasteiger partial charge in [0.1, 0.15) is 18.5 Å². The van der Waals surface area contributed by atoms with Crippen LogP contribution in [0.5, 0.6) is 5.75 Å². The second-order valence-corrected chi connectivity index (χ2v) is 5.60. The monoisotopic (exact) mass is 302 g/mol. The van der Waals surface area contributed by atoms with E-state index in [-0.39, 0.29) is 6.17 Å². The fourth-order valence-corrected chi connectivity index (χ4v) is 3.01. The van der Waals surface area contributed by atoms with Gasteiger partial charge in [0.2, 0.25) is 0 Å². The lowest BCUT2D eigenvalue weighted by atomic mass is 10.0. The fourth-order valence-electron chi connectivity index (χ4n) is 3.01. The van der Waals surface area contributed by atoms with Crippen LogP contribution in [0.3, 0.4) is 0 Å². The standard InChI is InChI=1S/C20H18N2O/c1-2-13-23-16-11-9-15(10-12-16)20-21-17-7-3-5-14-6-4-8-18(22-20)19(14)17/h2-12,20-22H,1,13H2. The average Bonchev–Trinajstić information content (AvgIpc) is 2.61. The van der Waals surface area contributed by atoms with E-state index in [4.69, 9.17) is 4.74 Å². The molecule has 0 saturated carbocycles. The smallest absolute Gasteiger partial charge is 0.123 e. The Kier molecular flexibility index (Phi) is 3.39. The average molecular weight is 302 g/mol. The third-order valence-electron chi connectivity index (χ3n) is 4.09.